The van der Waals surface area contributed by atoms with E-state index < -0.39 is 45.0 Å². The number of phenolic OH excluding ortho intramolecular Hbond substituents is 1. The molecule has 23 heteroatoms. The van der Waals surface area contributed by atoms with Gasteiger partial charge in [0.2, 0.25) is 0 Å². The van der Waals surface area contributed by atoms with E-state index in [1.807, 2.05) is 32.9 Å². The van der Waals surface area contributed by atoms with Crippen molar-refractivity contribution in [2.45, 2.75) is 42.4 Å². The van der Waals surface area contributed by atoms with Gasteiger partial charge in [0.15, 0.2) is 5.75 Å². The van der Waals surface area contributed by atoms with E-state index in [0.717, 1.165) is 34.9 Å². The molecule has 0 aliphatic carbocycles. The highest BCUT2D eigenvalue weighted by atomic mass is 32.2. The molecule has 0 atom stereocenters. The second-order valence-corrected chi connectivity index (χ2v) is 20.3. The summed E-state index contributed by atoms with van der Waals surface area (Å²) < 4.78 is 101. The number of phenols is 1. The molecule has 7 N–H and O–H groups in total. The highest BCUT2D eigenvalue weighted by Crippen LogP contribution is 2.40. The first kappa shape index (κ1) is 49.2. The van der Waals surface area contributed by atoms with Gasteiger partial charge >= 0.3 is 0 Å². The van der Waals surface area contributed by atoms with E-state index in [1.54, 1.807) is 79.7 Å². The Labute approximate surface area is 406 Å². The molecular weight excluding hydrogens is 973 g/mol. The molecule has 360 valence electrons. The number of nitrogens with two attached hydrogens (primary N) is 1. The molecule has 0 saturated heterocycles. The van der Waals surface area contributed by atoms with Crippen LogP contribution in [0.15, 0.2) is 183 Å². The number of azo groups is 4. The zero-order valence-corrected chi connectivity index (χ0v) is 40.2. The monoisotopic (exact) mass is 1010 g/mol. The van der Waals surface area contributed by atoms with Crippen molar-refractivity contribution in [2.75, 3.05) is 11.1 Å². The van der Waals surface area contributed by atoms with E-state index in [2.05, 4.69) is 46.2 Å². The largest absolute Gasteiger partial charge is 0.505 e. The van der Waals surface area contributed by atoms with Crippen LogP contribution in [0.2, 0.25) is 0 Å². The second kappa shape index (κ2) is 19.3. The third-order valence-corrected chi connectivity index (χ3v) is 13.7. The zero-order valence-electron chi connectivity index (χ0n) is 37.7. The molecule has 8 aromatic carbocycles. The topological polar surface area (TPSA) is 320 Å². The van der Waals surface area contributed by atoms with Gasteiger partial charge in [-0.25, -0.2) is 0 Å². The van der Waals surface area contributed by atoms with Crippen LogP contribution in [0.25, 0.3) is 21.5 Å². The van der Waals surface area contributed by atoms with Gasteiger partial charge in [-0.05, 0) is 170 Å². The molecule has 0 fully saturated rings. The lowest BCUT2D eigenvalue weighted by molar-refractivity contribution is 0.481. The lowest BCUT2D eigenvalue weighted by atomic mass is 10.1. The highest BCUT2D eigenvalue weighted by Gasteiger charge is 2.22. The number of aromatic hydroxyl groups is 1. The number of nitrogens with zero attached hydrogens (tertiary/aromatic N) is 8. The summed E-state index contributed by atoms with van der Waals surface area (Å²) in [5.41, 5.74) is 12.4. The van der Waals surface area contributed by atoms with E-state index in [-0.39, 0.29) is 33.6 Å². The maximum Gasteiger partial charge on any atom is 0.296 e. The van der Waals surface area contributed by atoms with E-state index in [4.69, 9.17) is 5.73 Å². The van der Waals surface area contributed by atoms with Gasteiger partial charge < -0.3 is 16.2 Å². The number of benzene rings is 8. The Kier molecular flexibility index (Phi) is 13.4. The van der Waals surface area contributed by atoms with E-state index >= 15 is 0 Å². The van der Waals surface area contributed by atoms with Gasteiger partial charge in [-0.15, -0.1) is 10.2 Å². The summed E-state index contributed by atoms with van der Waals surface area (Å²) in [6.45, 7) is 7.28. The molecule has 0 amide bonds. The van der Waals surface area contributed by atoms with Crippen molar-refractivity contribution >= 4 is 114 Å². The number of hydrogen-bond acceptors (Lipinski definition) is 17. The van der Waals surface area contributed by atoms with Crippen molar-refractivity contribution in [2.24, 2.45) is 40.9 Å². The van der Waals surface area contributed by atoms with Gasteiger partial charge in [-0.1, -0.05) is 18.2 Å². The van der Waals surface area contributed by atoms with Crippen molar-refractivity contribution in [3.8, 4) is 5.75 Å². The van der Waals surface area contributed by atoms with Crippen LogP contribution in [-0.2, 0) is 30.4 Å². The lowest BCUT2D eigenvalue weighted by Gasteiger charge is -2.11. The number of rotatable bonds is 13. The van der Waals surface area contributed by atoms with Gasteiger partial charge in [0.25, 0.3) is 30.4 Å². The molecule has 8 aromatic rings. The van der Waals surface area contributed by atoms with E-state index in [9.17, 15) is 44.0 Å². The summed E-state index contributed by atoms with van der Waals surface area (Å²) in [6.07, 6.45) is 0. The molecule has 71 heavy (non-hydrogen) atoms. The first-order chi connectivity index (χ1) is 33.5. The predicted molar refractivity (Wildman–Crippen MR) is 268 cm³/mol. The smallest absolute Gasteiger partial charge is 0.296 e. The third-order valence-electron chi connectivity index (χ3n) is 11.0. The quantitative estimate of drug-likeness (QED) is 0.0357. The Morgan fingerprint density at radius 1 is 0.408 bits per heavy atom. The summed E-state index contributed by atoms with van der Waals surface area (Å²) in [5.74, 6) is -0.0866. The average Bonchev–Trinajstić information content (AvgIpc) is 3.30. The standard InChI is InChI=1S/C48H40N10O10S3/c1-26-18-35(11-16-39(26)53-51-34-12-17-40(27(2)19-34)54-58-44-25-37-30(23-47(44)71(66,67)68)6-5-7-45(37)69(60,61)62)52-56-42-20-29(4)43(21-28(42)3)57-55-41-15-8-31-22-32(9-13-36(31)48(41)59)50-33-10-14-38(49)46(24-33)70(63,64)65/h5-25,50,59H,49H2,1-4H3,(H,60,61,62)(H,63,64,65)(H,66,67,68). The summed E-state index contributed by atoms with van der Waals surface area (Å²) >= 11 is 0. The molecule has 0 aliphatic rings. The normalized spacial score (nSPS) is 12.7. The predicted octanol–water partition coefficient (Wildman–Crippen LogP) is 13.7. The molecule has 0 aliphatic heterocycles. The van der Waals surface area contributed by atoms with Crippen molar-refractivity contribution < 1.29 is 44.0 Å². The minimum absolute atomic E-state index is 0.0225. The molecule has 8 rings (SSSR count). The Morgan fingerprint density at radius 3 is 1.48 bits per heavy atom. The summed E-state index contributed by atoms with van der Waals surface area (Å²) in [5, 5.41) is 50.0. The number of nitrogens with one attached hydrogen (secondary N) is 1. The van der Waals surface area contributed by atoms with Crippen LogP contribution >= 0.6 is 0 Å². The minimum Gasteiger partial charge on any atom is -0.505 e. The van der Waals surface area contributed by atoms with Gasteiger partial charge in [0, 0.05) is 22.1 Å². The molecule has 0 unspecified atom stereocenters. The maximum atomic E-state index is 12.2. The molecular formula is C48H40N10O10S3. The van der Waals surface area contributed by atoms with Crippen LogP contribution in [0.4, 0.5) is 62.6 Å². The molecule has 0 saturated carbocycles. The van der Waals surface area contributed by atoms with Crippen LogP contribution in [-0.4, -0.2) is 44.0 Å². The number of fused-ring (bicyclic) bond motifs is 2. The SMILES string of the molecule is Cc1cc(N=Nc2cc(C)c(N=Nc3ccc4cc(Nc5ccc(N)c(S(=O)(=O)O)c5)ccc4c3O)cc2C)ccc1N=Nc1ccc(N=Nc2cc3c(S(=O)(=O)O)cccc3cc2S(=O)(=O)O)c(C)c1. The first-order valence-corrected chi connectivity index (χ1v) is 25.2. The van der Waals surface area contributed by atoms with Crippen molar-refractivity contribution in [3.05, 3.63) is 150 Å². The van der Waals surface area contributed by atoms with Gasteiger partial charge in [0.05, 0.1) is 39.8 Å². The fraction of sp³-hybridized carbons (Fsp3) is 0.0833. The molecule has 0 heterocycles. The van der Waals surface area contributed by atoms with Gasteiger partial charge in [-0.2, -0.15) is 55.9 Å². The lowest BCUT2D eigenvalue weighted by Crippen LogP contribution is -2.04. The van der Waals surface area contributed by atoms with Crippen LogP contribution in [0.3, 0.4) is 0 Å². The molecule has 20 nitrogen and oxygen atoms in total. The summed E-state index contributed by atoms with van der Waals surface area (Å²) in [6, 6.07) is 32.5. The molecule has 0 spiro atoms. The number of hydrogen-bond donors (Lipinski definition) is 6. The number of nitrogen functional groups attached to an aromatic ring is 1. The summed E-state index contributed by atoms with van der Waals surface area (Å²) in [4.78, 5) is -1.49. The van der Waals surface area contributed by atoms with Crippen LogP contribution in [0, 0.1) is 27.7 Å². The Bertz CT molecular complexity index is 3980. The van der Waals surface area contributed by atoms with Gasteiger partial charge in [-0.3, -0.25) is 13.7 Å². The Morgan fingerprint density at radius 2 is 0.887 bits per heavy atom. The Balaban J connectivity index is 0.926. The van der Waals surface area contributed by atoms with Crippen LogP contribution in [0.5, 0.6) is 5.75 Å². The van der Waals surface area contributed by atoms with Crippen molar-refractivity contribution in [1.82, 2.24) is 0 Å². The van der Waals surface area contributed by atoms with Crippen molar-refractivity contribution in [1.29, 1.82) is 0 Å². The van der Waals surface area contributed by atoms with E-state index in [0.29, 0.717) is 61.8 Å². The highest BCUT2D eigenvalue weighted by molar-refractivity contribution is 7.86. The summed E-state index contributed by atoms with van der Waals surface area (Å²) in [7, 11) is -14.0. The fourth-order valence-electron chi connectivity index (χ4n) is 7.30. The second-order valence-electron chi connectivity index (χ2n) is 16.1. The molecule has 0 aromatic heterocycles. The fourth-order valence-corrected chi connectivity index (χ4v) is 9.29. The maximum absolute atomic E-state index is 12.2. The molecule has 0 bridgehead atoms. The number of aryl methyl sites for hydroxylation is 4. The van der Waals surface area contributed by atoms with E-state index in [1.165, 1.54) is 24.3 Å². The number of anilines is 3. The zero-order chi connectivity index (χ0) is 51.0. The third kappa shape index (κ3) is 11.2. The minimum atomic E-state index is -4.81. The van der Waals surface area contributed by atoms with Crippen LogP contribution in [0.1, 0.15) is 22.3 Å². The average molecular weight is 1010 g/mol. The Hall–Kier alpha value is -8.19. The van der Waals surface area contributed by atoms with Gasteiger partial charge in [0.1, 0.15) is 26.1 Å². The van der Waals surface area contributed by atoms with Crippen molar-refractivity contribution in [3.63, 3.8) is 0 Å². The van der Waals surface area contributed by atoms with Crippen LogP contribution < -0.4 is 11.1 Å². The first-order valence-electron chi connectivity index (χ1n) is 20.9. The molecule has 0 radical (unpaired) electrons.